The Bertz CT molecular complexity index is 1320. The highest BCUT2D eigenvalue weighted by molar-refractivity contribution is 7.20. The number of hydrogen-bond donors (Lipinski definition) is 0. The summed E-state index contributed by atoms with van der Waals surface area (Å²) in [5.41, 5.74) is 8.59. The predicted octanol–water partition coefficient (Wildman–Crippen LogP) is 7.86. The lowest BCUT2D eigenvalue weighted by Gasteiger charge is -2.25. The Morgan fingerprint density at radius 1 is 0.704 bits per heavy atom. The first-order chi connectivity index (χ1) is 13.3. The molecule has 2 aromatic heterocycles. The van der Waals surface area contributed by atoms with Gasteiger partial charge < -0.3 is 0 Å². The van der Waals surface area contributed by atoms with Crippen LogP contribution in [0.3, 0.4) is 0 Å². The maximum atomic E-state index is 2.40. The molecule has 0 spiro atoms. The molecule has 0 saturated carbocycles. The van der Waals surface area contributed by atoms with E-state index in [9.17, 15) is 0 Å². The highest BCUT2D eigenvalue weighted by Gasteiger charge is 2.28. The number of fused-ring (bicyclic) bond motifs is 8. The molecule has 0 nitrogen and oxygen atoms in total. The first-order valence-electron chi connectivity index (χ1n) is 9.40. The summed E-state index contributed by atoms with van der Waals surface area (Å²) >= 11 is 3.85. The molecular weight excluding hydrogens is 364 g/mol. The Balaban J connectivity index is 1.38. The second-order valence-corrected chi connectivity index (χ2v) is 9.48. The lowest BCUT2D eigenvalue weighted by molar-refractivity contribution is 0.980. The van der Waals surface area contributed by atoms with Crippen LogP contribution in [0.25, 0.3) is 42.4 Å². The van der Waals surface area contributed by atoms with Crippen LogP contribution in [0, 0.1) is 6.92 Å². The number of benzene rings is 3. The topological polar surface area (TPSA) is 0 Å². The van der Waals surface area contributed by atoms with Crippen LogP contribution in [0.2, 0.25) is 0 Å². The molecule has 130 valence electrons. The largest absolute Gasteiger partial charge is 0.143 e. The van der Waals surface area contributed by atoms with Crippen molar-refractivity contribution in [3.8, 4) is 22.3 Å². The minimum atomic E-state index is 1.11. The van der Waals surface area contributed by atoms with E-state index in [0.717, 1.165) is 12.8 Å². The summed E-state index contributed by atoms with van der Waals surface area (Å²) in [6.07, 6.45) is 2.23. The molecule has 0 unspecified atom stereocenters. The van der Waals surface area contributed by atoms with Gasteiger partial charge in [-0.25, -0.2) is 0 Å². The summed E-state index contributed by atoms with van der Waals surface area (Å²) in [7, 11) is 0. The average molecular weight is 383 g/mol. The van der Waals surface area contributed by atoms with Gasteiger partial charge in [0.25, 0.3) is 0 Å². The predicted molar refractivity (Wildman–Crippen MR) is 120 cm³/mol. The van der Waals surface area contributed by atoms with Crippen molar-refractivity contribution in [1.29, 1.82) is 0 Å². The van der Waals surface area contributed by atoms with Gasteiger partial charge in [-0.05, 0) is 64.7 Å². The zero-order valence-corrected chi connectivity index (χ0v) is 16.7. The van der Waals surface area contributed by atoms with Gasteiger partial charge in [0.2, 0.25) is 0 Å². The Hall–Kier alpha value is -2.42. The molecular formula is C25H18S2. The minimum Gasteiger partial charge on any atom is -0.143 e. The van der Waals surface area contributed by atoms with Crippen molar-refractivity contribution in [2.45, 2.75) is 19.8 Å². The van der Waals surface area contributed by atoms with E-state index in [1.54, 1.807) is 0 Å². The molecule has 0 N–H and O–H groups in total. The Morgan fingerprint density at radius 3 is 2.26 bits per heavy atom. The van der Waals surface area contributed by atoms with Crippen molar-refractivity contribution in [3.63, 3.8) is 0 Å². The highest BCUT2D eigenvalue weighted by Crippen LogP contribution is 2.55. The fraction of sp³-hybridized carbons (Fsp3) is 0.120. The van der Waals surface area contributed by atoms with E-state index < -0.39 is 0 Å². The molecule has 0 bridgehead atoms. The number of hydrogen-bond acceptors (Lipinski definition) is 2. The smallest absolute Gasteiger partial charge is 0.0430 e. The van der Waals surface area contributed by atoms with Crippen molar-refractivity contribution < 1.29 is 0 Å². The van der Waals surface area contributed by atoms with Gasteiger partial charge in [-0.1, -0.05) is 54.1 Å². The van der Waals surface area contributed by atoms with Crippen LogP contribution in [0.4, 0.5) is 0 Å². The van der Waals surface area contributed by atoms with Crippen LogP contribution >= 0.6 is 22.7 Å². The Labute approximate surface area is 166 Å². The zero-order chi connectivity index (χ0) is 18.0. The molecule has 3 aromatic carbocycles. The van der Waals surface area contributed by atoms with E-state index in [2.05, 4.69) is 73.0 Å². The molecule has 2 heteroatoms. The van der Waals surface area contributed by atoms with Crippen LogP contribution in [0.5, 0.6) is 0 Å². The molecule has 0 atom stereocenters. The summed E-state index contributed by atoms with van der Waals surface area (Å²) < 4.78 is 2.91. The van der Waals surface area contributed by atoms with E-state index >= 15 is 0 Å². The number of thiophene rings is 2. The van der Waals surface area contributed by atoms with Crippen LogP contribution in [-0.2, 0) is 12.8 Å². The number of rotatable bonds is 3. The summed E-state index contributed by atoms with van der Waals surface area (Å²) in [5, 5.41) is 4.97. The van der Waals surface area contributed by atoms with Gasteiger partial charge in [0.15, 0.2) is 0 Å². The standard InChI is InChI=1S/C25H18S2/c1-15-2-4-16(5-3-15)6-9-19-14-18-8-11-21-22-20(23(21)25(18)27-19)10-7-17-12-13-26-24(17)22/h2-5,7-8,10-14H,6,9H2,1H3. The Kier molecular flexibility index (Phi) is 3.35. The molecule has 6 rings (SSSR count). The van der Waals surface area contributed by atoms with E-state index in [4.69, 9.17) is 0 Å². The van der Waals surface area contributed by atoms with E-state index in [1.807, 2.05) is 22.7 Å². The van der Waals surface area contributed by atoms with Gasteiger partial charge in [0.05, 0.1) is 0 Å². The van der Waals surface area contributed by atoms with Crippen molar-refractivity contribution in [2.24, 2.45) is 0 Å². The number of aryl methyl sites for hydroxylation is 3. The SMILES string of the molecule is Cc1ccc(CCc2cc3ccc4c(c3s2)-c2ccc3ccsc3c2-4)cc1. The molecule has 2 heterocycles. The first-order valence-corrected chi connectivity index (χ1v) is 11.1. The molecule has 0 saturated heterocycles. The van der Waals surface area contributed by atoms with Gasteiger partial charge in [-0.3, -0.25) is 0 Å². The molecule has 5 aromatic rings. The van der Waals surface area contributed by atoms with Gasteiger partial charge in [-0.2, -0.15) is 0 Å². The lowest BCUT2D eigenvalue weighted by Crippen LogP contribution is -1.98. The van der Waals surface area contributed by atoms with Crippen molar-refractivity contribution in [3.05, 3.63) is 82.0 Å². The van der Waals surface area contributed by atoms with Crippen molar-refractivity contribution in [2.75, 3.05) is 0 Å². The van der Waals surface area contributed by atoms with E-state index in [-0.39, 0.29) is 0 Å². The molecule has 0 aliphatic heterocycles. The maximum absolute atomic E-state index is 2.40. The van der Waals surface area contributed by atoms with Crippen LogP contribution in [0.15, 0.2) is 66.0 Å². The Morgan fingerprint density at radius 2 is 1.44 bits per heavy atom. The zero-order valence-electron chi connectivity index (χ0n) is 15.1. The van der Waals surface area contributed by atoms with Gasteiger partial charge in [-0.15, -0.1) is 22.7 Å². The summed E-state index contributed by atoms with van der Waals surface area (Å²) in [4.78, 5) is 1.49. The third-order valence-electron chi connectivity index (χ3n) is 5.68. The fourth-order valence-corrected chi connectivity index (χ4v) is 6.40. The van der Waals surface area contributed by atoms with Crippen molar-refractivity contribution >= 4 is 42.8 Å². The summed E-state index contributed by atoms with van der Waals surface area (Å²) in [5.74, 6) is 0. The van der Waals surface area contributed by atoms with E-state index in [0.29, 0.717) is 0 Å². The fourth-order valence-electron chi connectivity index (χ4n) is 4.22. The lowest BCUT2D eigenvalue weighted by atomic mass is 9.79. The molecule has 0 fully saturated rings. The second kappa shape index (κ2) is 5.79. The van der Waals surface area contributed by atoms with Crippen LogP contribution in [-0.4, -0.2) is 0 Å². The molecule has 1 aliphatic carbocycles. The van der Waals surface area contributed by atoms with Gasteiger partial charge in [0, 0.05) is 25.4 Å². The third-order valence-corrected chi connectivity index (χ3v) is 7.85. The molecule has 0 radical (unpaired) electrons. The minimum absolute atomic E-state index is 1.11. The normalized spacial score (nSPS) is 12.2. The first kappa shape index (κ1) is 15.6. The monoisotopic (exact) mass is 382 g/mol. The molecule has 1 aliphatic rings. The second-order valence-electron chi connectivity index (χ2n) is 7.43. The summed E-state index contributed by atoms with van der Waals surface area (Å²) in [6, 6.07) is 22.8. The van der Waals surface area contributed by atoms with Gasteiger partial charge >= 0.3 is 0 Å². The van der Waals surface area contributed by atoms with Crippen LogP contribution in [0.1, 0.15) is 16.0 Å². The highest BCUT2D eigenvalue weighted by atomic mass is 32.1. The van der Waals surface area contributed by atoms with E-state index in [1.165, 1.54) is 58.4 Å². The third kappa shape index (κ3) is 2.33. The van der Waals surface area contributed by atoms with Crippen molar-refractivity contribution in [1.82, 2.24) is 0 Å². The maximum Gasteiger partial charge on any atom is 0.0430 e. The average Bonchev–Trinajstić information content (AvgIpc) is 3.29. The summed E-state index contributed by atoms with van der Waals surface area (Å²) in [6.45, 7) is 2.15. The van der Waals surface area contributed by atoms with Crippen LogP contribution < -0.4 is 0 Å². The molecule has 0 amide bonds. The van der Waals surface area contributed by atoms with Gasteiger partial charge in [0.1, 0.15) is 0 Å². The quantitative estimate of drug-likeness (QED) is 0.292. The molecule has 27 heavy (non-hydrogen) atoms.